The molecule has 0 fully saturated rings. The molecule has 0 heterocycles. The van der Waals surface area contributed by atoms with Crippen molar-refractivity contribution >= 4 is 23.7 Å². The van der Waals surface area contributed by atoms with Crippen LogP contribution in [-0.4, -0.2) is 48.2 Å². The van der Waals surface area contributed by atoms with E-state index in [2.05, 4.69) is 17.4 Å². The van der Waals surface area contributed by atoms with Gasteiger partial charge < -0.3 is 14.7 Å². The third-order valence-corrected chi connectivity index (χ3v) is 5.46. The number of benzene rings is 3. The van der Waals surface area contributed by atoms with E-state index in [-0.39, 0.29) is 23.8 Å². The maximum atomic E-state index is 12.6. The average Bonchev–Trinajstić information content (AvgIpc) is 3.11. The van der Waals surface area contributed by atoms with Crippen LogP contribution in [0.5, 0.6) is 0 Å². The molecule has 0 spiro atoms. The van der Waals surface area contributed by atoms with Crippen molar-refractivity contribution in [3.05, 3.63) is 89.5 Å². The molecule has 1 aliphatic carbocycles. The summed E-state index contributed by atoms with van der Waals surface area (Å²) in [5, 5.41) is 11.5. The fourth-order valence-corrected chi connectivity index (χ4v) is 4.00. The molecule has 0 bridgehead atoms. The summed E-state index contributed by atoms with van der Waals surface area (Å²) in [5.41, 5.74) is 4.92. The van der Waals surface area contributed by atoms with E-state index in [0.29, 0.717) is 0 Å². The van der Waals surface area contributed by atoms with Crippen LogP contribution in [0.3, 0.4) is 0 Å². The van der Waals surface area contributed by atoms with E-state index in [1.807, 2.05) is 36.4 Å². The predicted molar refractivity (Wildman–Crippen MR) is 120 cm³/mol. The number of carboxylic acids is 1. The van der Waals surface area contributed by atoms with Crippen LogP contribution in [0.25, 0.3) is 11.1 Å². The minimum absolute atomic E-state index is 0.0771. The molecule has 7 heteroatoms. The van der Waals surface area contributed by atoms with Crippen molar-refractivity contribution in [1.29, 1.82) is 0 Å². The summed E-state index contributed by atoms with van der Waals surface area (Å²) in [6, 6.07) is 22.5. The monoisotopic (exact) mass is 430 g/mol. The molecular formula is C25H22N2O5. The predicted octanol–water partition coefficient (Wildman–Crippen LogP) is 4.20. The summed E-state index contributed by atoms with van der Waals surface area (Å²) in [6.45, 7) is -0.299. The number of carbonyl (C=O) groups is 3. The van der Waals surface area contributed by atoms with Crippen LogP contribution in [-0.2, 0) is 9.53 Å². The number of hydrogen-bond acceptors (Lipinski definition) is 4. The van der Waals surface area contributed by atoms with E-state index >= 15 is 0 Å². The first-order chi connectivity index (χ1) is 15.5. The van der Waals surface area contributed by atoms with Gasteiger partial charge in [0.15, 0.2) is 0 Å². The highest BCUT2D eigenvalue weighted by Crippen LogP contribution is 2.44. The van der Waals surface area contributed by atoms with Gasteiger partial charge in [-0.25, -0.2) is 4.79 Å². The van der Waals surface area contributed by atoms with Crippen molar-refractivity contribution in [2.45, 2.75) is 5.92 Å². The van der Waals surface area contributed by atoms with E-state index in [1.165, 1.54) is 13.1 Å². The van der Waals surface area contributed by atoms with Gasteiger partial charge in [0.05, 0.1) is 11.3 Å². The van der Waals surface area contributed by atoms with E-state index in [0.717, 1.165) is 27.2 Å². The average molecular weight is 430 g/mol. The highest BCUT2D eigenvalue weighted by molar-refractivity contribution is 6.03. The van der Waals surface area contributed by atoms with E-state index in [9.17, 15) is 14.4 Å². The van der Waals surface area contributed by atoms with Crippen molar-refractivity contribution in [2.24, 2.45) is 0 Å². The van der Waals surface area contributed by atoms with Crippen LogP contribution in [0, 0.1) is 0 Å². The van der Waals surface area contributed by atoms with Crippen LogP contribution in [0.15, 0.2) is 72.8 Å². The molecule has 2 N–H and O–H groups in total. The van der Waals surface area contributed by atoms with Crippen LogP contribution < -0.4 is 5.32 Å². The Labute approximate surface area is 185 Å². The lowest BCUT2D eigenvalue weighted by molar-refractivity contribution is -0.137. The van der Waals surface area contributed by atoms with Crippen LogP contribution >= 0.6 is 0 Å². The number of aliphatic carboxylic acids is 1. The Balaban J connectivity index is 1.47. The second-order valence-corrected chi connectivity index (χ2v) is 7.55. The van der Waals surface area contributed by atoms with E-state index in [1.54, 1.807) is 18.2 Å². The van der Waals surface area contributed by atoms with Crippen molar-refractivity contribution < 1.29 is 24.2 Å². The van der Waals surface area contributed by atoms with Crippen molar-refractivity contribution in [2.75, 3.05) is 25.5 Å². The van der Waals surface area contributed by atoms with Crippen LogP contribution in [0.1, 0.15) is 27.4 Å². The number of anilines is 1. The zero-order valence-corrected chi connectivity index (χ0v) is 17.4. The van der Waals surface area contributed by atoms with Gasteiger partial charge in [-0.05, 0) is 34.4 Å². The first-order valence-corrected chi connectivity index (χ1v) is 10.1. The maximum absolute atomic E-state index is 12.6. The molecule has 32 heavy (non-hydrogen) atoms. The fourth-order valence-electron chi connectivity index (χ4n) is 4.00. The van der Waals surface area contributed by atoms with Crippen LogP contribution in [0.2, 0.25) is 0 Å². The van der Waals surface area contributed by atoms with E-state index in [4.69, 9.17) is 9.84 Å². The summed E-state index contributed by atoms with van der Waals surface area (Å²) < 4.78 is 5.53. The Bertz CT molecular complexity index is 1140. The molecule has 0 aromatic heterocycles. The highest BCUT2D eigenvalue weighted by atomic mass is 16.5. The molecule has 3 aromatic rings. The molecule has 0 saturated heterocycles. The molecule has 1 aliphatic rings. The zero-order valence-electron chi connectivity index (χ0n) is 17.4. The number of rotatable bonds is 6. The molecule has 7 nitrogen and oxygen atoms in total. The first-order valence-electron chi connectivity index (χ1n) is 10.1. The van der Waals surface area contributed by atoms with Gasteiger partial charge in [-0.15, -0.1) is 0 Å². The largest absolute Gasteiger partial charge is 0.480 e. The summed E-state index contributed by atoms with van der Waals surface area (Å²) >= 11 is 0. The van der Waals surface area contributed by atoms with Gasteiger partial charge in [-0.2, -0.15) is 0 Å². The van der Waals surface area contributed by atoms with Gasteiger partial charge in [-0.3, -0.25) is 14.9 Å². The SMILES string of the molecule is CN(CC(=O)O)C(=O)c1ccccc1NC(=O)OCC1c2ccccc2-c2ccccc21. The number of nitrogens with one attached hydrogen (secondary N) is 1. The van der Waals surface area contributed by atoms with E-state index < -0.39 is 24.5 Å². The number of carbonyl (C=O) groups excluding carboxylic acids is 2. The number of carboxylic acid groups (broad SMARTS) is 1. The molecule has 0 saturated carbocycles. The Kier molecular flexibility index (Phi) is 5.89. The molecule has 0 aliphatic heterocycles. The minimum Gasteiger partial charge on any atom is -0.480 e. The highest BCUT2D eigenvalue weighted by Gasteiger charge is 2.29. The lowest BCUT2D eigenvalue weighted by Gasteiger charge is -2.18. The number of para-hydroxylation sites is 1. The molecule has 0 unspecified atom stereocenters. The number of likely N-dealkylation sites (N-methyl/N-ethyl adjacent to an activating group) is 1. The third-order valence-electron chi connectivity index (χ3n) is 5.46. The third kappa shape index (κ3) is 4.18. The quantitative estimate of drug-likeness (QED) is 0.611. The second-order valence-electron chi connectivity index (χ2n) is 7.55. The smallest absolute Gasteiger partial charge is 0.411 e. The van der Waals surface area contributed by atoms with Gasteiger partial charge in [0, 0.05) is 13.0 Å². The van der Waals surface area contributed by atoms with Gasteiger partial charge in [0.2, 0.25) is 0 Å². The minimum atomic E-state index is -1.12. The van der Waals surface area contributed by atoms with Gasteiger partial charge >= 0.3 is 12.1 Å². The Hall–Kier alpha value is -4.13. The number of fused-ring (bicyclic) bond motifs is 3. The first kappa shape index (κ1) is 21.1. The molecular weight excluding hydrogens is 408 g/mol. The summed E-state index contributed by atoms with van der Waals surface area (Å²) in [7, 11) is 1.39. The standard InChI is InChI=1S/C25H22N2O5/c1-27(14-23(28)29)24(30)20-12-6-7-13-22(20)26-25(31)32-15-21-18-10-4-2-8-16(18)17-9-3-5-11-19(17)21/h2-13,21H,14-15H2,1H3,(H,26,31)(H,28,29). The number of amides is 2. The number of nitrogens with zero attached hydrogens (tertiary/aromatic N) is 1. The van der Waals surface area contributed by atoms with Gasteiger partial charge in [0.1, 0.15) is 13.2 Å². The Morgan fingerprint density at radius 1 is 0.906 bits per heavy atom. The number of hydrogen-bond donors (Lipinski definition) is 2. The maximum Gasteiger partial charge on any atom is 0.411 e. The molecule has 3 aromatic carbocycles. The normalized spacial score (nSPS) is 11.9. The van der Waals surface area contributed by atoms with Crippen molar-refractivity contribution in [3.8, 4) is 11.1 Å². The lowest BCUT2D eigenvalue weighted by Crippen LogP contribution is -2.32. The lowest BCUT2D eigenvalue weighted by atomic mass is 9.98. The second kappa shape index (κ2) is 8.93. The zero-order chi connectivity index (χ0) is 22.7. The van der Waals surface area contributed by atoms with Crippen molar-refractivity contribution in [3.63, 3.8) is 0 Å². The fraction of sp³-hybridized carbons (Fsp3) is 0.160. The van der Waals surface area contributed by atoms with Crippen LogP contribution in [0.4, 0.5) is 10.5 Å². The molecule has 0 atom stereocenters. The summed E-state index contributed by atoms with van der Waals surface area (Å²) in [5.74, 6) is -1.71. The summed E-state index contributed by atoms with van der Waals surface area (Å²) in [6.07, 6.45) is -0.687. The summed E-state index contributed by atoms with van der Waals surface area (Å²) in [4.78, 5) is 37.1. The molecule has 2 amide bonds. The van der Waals surface area contributed by atoms with Gasteiger partial charge in [-0.1, -0.05) is 60.7 Å². The Morgan fingerprint density at radius 3 is 2.09 bits per heavy atom. The molecule has 4 rings (SSSR count). The molecule has 162 valence electrons. The topological polar surface area (TPSA) is 95.9 Å². The van der Waals surface area contributed by atoms with Crippen molar-refractivity contribution in [1.82, 2.24) is 4.90 Å². The Morgan fingerprint density at radius 2 is 1.47 bits per heavy atom. The molecule has 0 radical (unpaired) electrons. The number of ether oxygens (including phenoxy) is 1. The van der Waals surface area contributed by atoms with Gasteiger partial charge in [0.25, 0.3) is 5.91 Å².